The number of rotatable bonds is 5. The molecule has 3 rings (SSSR count). The summed E-state index contributed by atoms with van der Waals surface area (Å²) >= 11 is 0. The maximum atomic E-state index is 4.47. The van der Waals surface area contributed by atoms with Gasteiger partial charge in [-0.25, -0.2) is 0 Å². The molecule has 1 heterocycles. The third kappa shape index (κ3) is 3.27. The normalized spacial score (nSPS) is 32.1. The van der Waals surface area contributed by atoms with Crippen LogP contribution in [0.15, 0.2) is 4.99 Å². The van der Waals surface area contributed by atoms with Crippen molar-refractivity contribution in [3.63, 3.8) is 0 Å². The lowest BCUT2D eigenvalue weighted by molar-refractivity contribution is 0.105. The van der Waals surface area contributed by atoms with Gasteiger partial charge in [-0.3, -0.25) is 9.89 Å². The van der Waals surface area contributed by atoms with Gasteiger partial charge < -0.3 is 10.6 Å². The molecular weight excluding hydrogens is 272 g/mol. The highest BCUT2D eigenvalue weighted by Crippen LogP contribution is 2.56. The molecule has 0 aromatic rings. The van der Waals surface area contributed by atoms with Crippen LogP contribution in [0.25, 0.3) is 0 Å². The smallest absolute Gasteiger partial charge is 0.191 e. The van der Waals surface area contributed by atoms with Crippen LogP contribution in [0.3, 0.4) is 0 Å². The van der Waals surface area contributed by atoms with Gasteiger partial charge in [-0.2, -0.15) is 0 Å². The minimum Gasteiger partial charge on any atom is -0.356 e. The highest BCUT2D eigenvalue weighted by molar-refractivity contribution is 5.80. The van der Waals surface area contributed by atoms with Gasteiger partial charge in [0.1, 0.15) is 0 Å². The number of aliphatic imine (C=N–C) groups is 1. The first kappa shape index (κ1) is 16.1. The first-order chi connectivity index (χ1) is 10.5. The summed E-state index contributed by atoms with van der Waals surface area (Å²) in [5.74, 6) is 2.69. The van der Waals surface area contributed by atoms with E-state index in [-0.39, 0.29) is 0 Å². The van der Waals surface area contributed by atoms with Gasteiger partial charge in [-0.05, 0) is 56.8 Å². The predicted octanol–water partition coefficient (Wildman–Crippen LogP) is 2.46. The molecule has 0 aromatic heterocycles. The van der Waals surface area contributed by atoms with Crippen LogP contribution in [-0.2, 0) is 0 Å². The maximum Gasteiger partial charge on any atom is 0.191 e. The number of hydrogen-bond donors (Lipinski definition) is 2. The van der Waals surface area contributed by atoms with E-state index in [1.807, 2.05) is 7.05 Å². The molecule has 0 radical (unpaired) electrons. The Morgan fingerprint density at radius 1 is 1.27 bits per heavy atom. The number of likely N-dealkylation sites (tertiary alicyclic amines) is 1. The summed E-state index contributed by atoms with van der Waals surface area (Å²) in [7, 11) is 1.90. The third-order valence-electron chi connectivity index (χ3n) is 6.32. The van der Waals surface area contributed by atoms with Crippen LogP contribution in [-0.4, -0.2) is 49.6 Å². The molecular formula is C18H34N4. The van der Waals surface area contributed by atoms with Crippen molar-refractivity contribution in [1.29, 1.82) is 0 Å². The molecule has 0 amide bonds. The zero-order chi connectivity index (χ0) is 15.7. The van der Waals surface area contributed by atoms with Gasteiger partial charge in [-0.1, -0.05) is 13.3 Å². The SMILES string of the molecule is CN=C(NCC1(C2CC2)CCC1)NC1CN(C(C)C)CC1C. The van der Waals surface area contributed by atoms with Gasteiger partial charge in [0.2, 0.25) is 0 Å². The summed E-state index contributed by atoms with van der Waals surface area (Å²) < 4.78 is 0. The van der Waals surface area contributed by atoms with Crippen molar-refractivity contribution in [2.75, 3.05) is 26.7 Å². The van der Waals surface area contributed by atoms with Crippen LogP contribution in [0.2, 0.25) is 0 Å². The van der Waals surface area contributed by atoms with Gasteiger partial charge in [0.05, 0.1) is 0 Å². The fourth-order valence-corrected chi connectivity index (χ4v) is 4.30. The van der Waals surface area contributed by atoms with E-state index in [0.29, 0.717) is 23.4 Å². The minimum atomic E-state index is 0.520. The van der Waals surface area contributed by atoms with Crippen LogP contribution in [0, 0.1) is 17.3 Å². The van der Waals surface area contributed by atoms with Crippen molar-refractivity contribution >= 4 is 5.96 Å². The average Bonchev–Trinajstić information content (AvgIpc) is 3.21. The molecule has 0 spiro atoms. The summed E-state index contributed by atoms with van der Waals surface area (Å²) in [6, 6.07) is 1.16. The molecule has 0 bridgehead atoms. The van der Waals surface area contributed by atoms with Gasteiger partial charge in [0.25, 0.3) is 0 Å². The predicted molar refractivity (Wildman–Crippen MR) is 93.2 cm³/mol. The van der Waals surface area contributed by atoms with Crippen molar-refractivity contribution in [2.45, 2.75) is 65.0 Å². The molecule has 2 aliphatic carbocycles. The van der Waals surface area contributed by atoms with Crippen molar-refractivity contribution in [2.24, 2.45) is 22.2 Å². The van der Waals surface area contributed by atoms with Crippen molar-refractivity contribution in [1.82, 2.24) is 15.5 Å². The Balaban J connectivity index is 1.50. The fourth-order valence-electron chi connectivity index (χ4n) is 4.30. The van der Waals surface area contributed by atoms with Crippen LogP contribution in [0.4, 0.5) is 0 Å². The molecule has 2 N–H and O–H groups in total. The zero-order valence-corrected chi connectivity index (χ0v) is 14.9. The second-order valence-corrected chi connectivity index (χ2v) is 8.19. The number of guanidine groups is 1. The van der Waals surface area contributed by atoms with E-state index in [1.54, 1.807) is 0 Å². The van der Waals surface area contributed by atoms with Crippen molar-refractivity contribution < 1.29 is 0 Å². The summed E-state index contributed by atoms with van der Waals surface area (Å²) in [6.07, 6.45) is 7.17. The molecule has 4 nitrogen and oxygen atoms in total. The van der Waals surface area contributed by atoms with Gasteiger partial charge >= 0.3 is 0 Å². The van der Waals surface area contributed by atoms with E-state index in [2.05, 4.69) is 41.3 Å². The van der Waals surface area contributed by atoms with E-state index >= 15 is 0 Å². The van der Waals surface area contributed by atoms with Gasteiger partial charge in [0, 0.05) is 38.8 Å². The van der Waals surface area contributed by atoms with Crippen LogP contribution in [0.5, 0.6) is 0 Å². The summed E-state index contributed by atoms with van der Waals surface area (Å²) in [5.41, 5.74) is 0.600. The van der Waals surface area contributed by atoms with E-state index in [1.165, 1.54) is 38.6 Å². The molecule has 1 aliphatic heterocycles. The summed E-state index contributed by atoms with van der Waals surface area (Å²) in [4.78, 5) is 7.04. The second-order valence-electron chi connectivity index (χ2n) is 8.19. The van der Waals surface area contributed by atoms with Gasteiger partial charge in [-0.15, -0.1) is 0 Å². The number of hydrogen-bond acceptors (Lipinski definition) is 2. The average molecular weight is 306 g/mol. The monoisotopic (exact) mass is 306 g/mol. The third-order valence-corrected chi connectivity index (χ3v) is 6.32. The van der Waals surface area contributed by atoms with Crippen LogP contribution >= 0.6 is 0 Å². The standard InChI is InChI=1S/C18H34N4/c1-13(2)22-10-14(3)16(11-22)21-17(19-4)20-12-18(8-5-9-18)15-6-7-15/h13-16H,5-12H2,1-4H3,(H2,19,20,21). The van der Waals surface area contributed by atoms with E-state index in [4.69, 9.17) is 0 Å². The first-order valence-corrected chi connectivity index (χ1v) is 9.25. The fraction of sp³-hybridized carbons (Fsp3) is 0.944. The molecule has 3 aliphatic rings. The largest absolute Gasteiger partial charge is 0.356 e. The van der Waals surface area contributed by atoms with Crippen LogP contribution in [0.1, 0.15) is 52.9 Å². The lowest BCUT2D eigenvalue weighted by atomic mass is 9.65. The highest BCUT2D eigenvalue weighted by Gasteiger charge is 2.48. The first-order valence-electron chi connectivity index (χ1n) is 9.25. The summed E-state index contributed by atoms with van der Waals surface area (Å²) in [5, 5.41) is 7.32. The summed E-state index contributed by atoms with van der Waals surface area (Å²) in [6.45, 7) is 10.4. The minimum absolute atomic E-state index is 0.520. The van der Waals surface area contributed by atoms with E-state index in [9.17, 15) is 0 Å². The second kappa shape index (κ2) is 6.38. The molecule has 0 aromatic carbocycles. The molecule has 126 valence electrons. The highest BCUT2D eigenvalue weighted by atomic mass is 15.3. The van der Waals surface area contributed by atoms with E-state index < -0.39 is 0 Å². The molecule has 2 atom stereocenters. The van der Waals surface area contributed by atoms with Gasteiger partial charge in [0.15, 0.2) is 5.96 Å². The molecule has 2 saturated carbocycles. The lowest BCUT2D eigenvalue weighted by Crippen LogP contribution is -2.51. The Kier molecular flexibility index (Phi) is 4.67. The lowest BCUT2D eigenvalue weighted by Gasteiger charge is -2.43. The van der Waals surface area contributed by atoms with E-state index in [0.717, 1.165) is 25.0 Å². The Labute approximate surface area is 136 Å². The number of nitrogens with zero attached hydrogens (tertiary/aromatic N) is 2. The Morgan fingerprint density at radius 2 is 2.00 bits per heavy atom. The zero-order valence-electron chi connectivity index (χ0n) is 14.9. The molecule has 3 fully saturated rings. The topological polar surface area (TPSA) is 39.7 Å². The Hall–Kier alpha value is -0.770. The van der Waals surface area contributed by atoms with Crippen LogP contribution < -0.4 is 10.6 Å². The molecule has 4 heteroatoms. The molecule has 2 unspecified atom stereocenters. The quantitative estimate of drug-likeness (QED) is 0.605. The van der Waals surface area contributed by atoms with Crippen molar-refractivity contribution in [3.05, 3.63) is 0 Å². The molecule has 1 saturated heterocycles. The van der Waals surface area contributed by atoms with Crippen molar-refractivity contribution in [3.8, 4) is 0 Å². The molecule has 22 heavy (non-hydrogen) atoms. The Bertz CT molecular complexity index is 409. The maximum absolute atomic E-state index is 4.47. The number of nitrogens with one attached hydrogen (secondary N) is 2. The Morgan fingerprint density at radius 3 is 2.45 bits per heavy atom.